The first-order chi connectivity index (χ1) is 17.4. The van der Waals surface area contributed by atoms with Gasteiger partial charge in [0.25, 0.3) is 5.69 Å². The highest BCUT2D eigenvalue weighted by molar-refractivity contribution is 7.18. The molecule has 188 valence electrons. The highest BCUT2D eigenvalue weighted by Crippen LogP contribution is 2.35. The van der Waals surface area contributed by atoms with Gasteiger partial charge in [0.2, 0.25) is 5.78 Å². The lowest BCUT2D eigenvalue weighted by atomic mass is 10.1. The average Bonchev–Trinajstić information content (AvgIpc) is 3.54. The van der Waals surface area contributed by atoms with Crippen molar-refractivity contribution in [3.8, 4) is 0 Å². The molecule has 0 atom stereocenters. The van der Waals surface area contributed by atoms with Crippen molar-refractivity contribution in [1.29, 1.82) is 0 Å². The van der Waals surface area contributed by atoms with E-state index in [1.807, 2.05) is 17.0 Å². The van der Waals surface area contributed by atoms with Crippen molar-refractivity contribution in [3.05, 3.63) is 63.0 Å². The third-order valence-corrected chi connectivity index (χ3v) is 7.71. The number of thiazole rings is 1. The van der Waals surface area contributed by atoms with Gasteiger partial charge in [-0.05, 0) is 56.3 Å². The number of anilines is 5. The van der Waals surface area contributed by atoms with Crippen LogP contribution in [0.1, 0.15) is 28.1 Å². The van der Waals surface area contributed by atoms with Crippen LogP contribution in [0.3, 0.4) is 0 Å². The fraction of sp³-hybridized carbons (Fsp3) is 0.360. The van der Waals surface area contributed by atoms with Gasteiger partial charge in [-0.1, -0.05) is 11.3 Å². The molecule has 10 nitrogen and oxygen atoms in total. The highest BCUT2D eigenvalue weighted by atomic mass is 32.1. The molecular formula is C25H29N7O3S. The number of carbonyl (C=O) groups is 1. The van der Waals surface area contributed by atoms with Crippen LogP contribution in [-0.4, -0.2) is 66.9 Å². The molecule has 0 bridgehead atoms. The second-order valence-electron chi connectivity index (χ2n) is 9.18. The number of rotatable bonds is 7. The quantitative estimate of drug-likeness (QED) is 0.278. The number of nitrogens with one attached hydrogen (secondary N) is 1. The van der Waals surface area contributed by atoms with Crippen LogP contribution in [0.5, 0.6) is 0 Å². The Morgan fingerprint density at radius 2 is 1.72 bits per heavy atom. The van der Waals surface area contributed by atoms with Crippen LogP contribution in [0.2, 0.25) is 0 Å². The lowest BCUT2D eigenvalue weighted by Gasteiger charge is -2.34. The molecule has 5 rings (SSSR count). The van der Waals surface area contributed by atoms with Crippen LogP contribution >= 0.6 is 11.3 Å². The third kappa shape index (κ3) is 4.98. The standard InChI is InChI=1S/C25H29N7O3S/c1-29-12-14-30(15-13-29)19-7-5-18(6-8-19)27-25-28-24(26)23(36-25)22(33)17-4-9-20(21(16-17)32(34)35)31-10-2-3-11-31/h4-9,16H,2-3,10-15,26H2,1H3,(H,27,28). The lowest BCUT2D eigenvalue weighted by Crippen LogP contribution is -2.44. The number of hydrogen-bond donors (Lipinski definition) is 2. The topological polar surface area (TPSA) is 121 Å². The number of nitrogens with zero attached hydrogens (tertiary/aromatic N) is 5. The van der Waals surface area contributed by atoms with Crippen LogP contribution in [0.25, 0.3) is 0 Å². The molecule has 0 spiro atoms. The zero-order chi connectivity index (χ0) is 25.2. The second-order valence-corrected chi connectivity index (χ2v) is 10.2. The second kappa shape index (κ2) is 10.1. The van der Waals surface area contributed by atoms with Crippen LogP contribution < -0.4 is 20.9 Å². The van der Waals surface area contributed by atoms with Crippen molar-refractivity contribution in [2.75, 3.05) is 67.2 Å². The number of nitrogens with two attached hydrogens (primary N) is 1. The van der Waals surface area contributed by atoms with Crippen molar-refractivity contribution in [3.63, 3.8) is 0 Å². The molecule has 0 amide bonds. The molecule has 3 heterocycles. The average molecular weight is 508 g/mol. The summed E-state index contributed by atoms with van der Waals surface area (Å²) >= 11 is 1.14. The summed E-state index contributed by atoms with van der Waals surface area (Å²) in [6.07, 6.45) is 2.01. The maximum atomic E-state index is 13.2. The van der Waals surface area contributed by atoms with Gasteiger partial charge in [-0.3, -0.25) is 14.9 Å². The van der Waals surface area contributed by atoms with Crippen LogP contribution in [0, 0.1) is 10.1 Å². The van der Waals surface area contributed by atoms with Crippen molar-refractivity contribution in [2.24, 2.45) is 0 Å². The van der Waals surface area contributed by atoms with Gasteiger partial charge in [0, 0.05) is 62.3 Å². The van der Waals surface area contributed by atoms with Crippen molar-refractivity contribution in [2.45, 2.75) is 12.8 Å². The maximum Gasteiger partial charge on any atom is 0.293 e. The van der Waals surface area contributed by atoms with E-state index in [9.17, 15) is 14.9 Å². The molecule has 0 aliphatic carbocycles. The SMILES string of the molecule is CN1CCN(c2ccc(Nc3nc(N)c(C(=O)c4ccc(N5CCCC5)c([N+](=O)[O-])c4)s3)cc2)CC1. The Kier molecular flexibility index (Phi) is 6.75. The molecule has 2 aromatic carbocycles. The molecule has 2 aliphatic heterocycles. The summed E-state index contributed by atoms with van der Waals surface area (Å²) in [5.41, 5.74) is 8.80. The Morgan fingerprint density at radius 3 is 2.39 bits per heavy atom. The Balaban J connectivity index is 1.31. The zero-order valence-corrected chi connectivity index (χ0v) is 21.0. The zero-order valence-electron chi connectivity index (χ0n) is 20.1. The first kappa shape index (κ1) is 24.0. The van der Waals surface area contributed by atoms with Crippen LogP contribution in [-0.2, 0) is 0 Å². The first-order valence-corrected chi connectivity index (χ1v) is 12.9. The molecule has 2 aliphatic rings. The number of aromatic nitrogens is 1. The molecule has 0 radical (unpaired) electrons. The van der Waals surface area contributed by atoms with Crippen molar-refractivity contribution in [1.82, 2.24) is 9.88 Å². The number of benzene rings is 2. The van der Waals surface area contributed by atoms with Gasteiger partial charge in [-0.2, -0.15) is 0 Å². The molecule has 0 unspecified atom stereocenters. The van der Waals surface area contributed by atoms with Crippen LogP contribution in [0.4, 0.5) is 33.7 Å². The van der Waals surface area contributed by atoms with Gasteiger partial charge in [-0.25, -0.2) is 4.98 Å². The van der Waals surface area contributed by atoms with E-state index in [0.717, 1.165) is 69.1 Å². The molecule has 2 saturated heterocycles. The normalized spacial score (nSPS) is 16.4. The molecule has 36 heavy (non-hydrogen) atoms. The monoisotopic (exact) mass is 507 g/mol. The van der Waals surface area contributed by atoms with E-state index in [4.69, 9.17) is 5.73 Å². The van der Waals surface area contributed by atoms with E-state index in [1.54, 1.807) is 12.1 Å². The Hall–Kier alpha value is -3.70. The molecule has 0 saturated carbocycles. The van der Waals surface area contributed by atoms with Gasteiger partial charge < -0.3 is 25.8 Å². The number of likely N-dealkylation sites (N-methyl/N-ethyl adjacent to an activating group) is 1. The largest absolute Gasteiger partial charge is 0.382 e. The maximum absolute atomic E-state index is 13.2. The van der Waals surface area contributed by atoms with Gasteiger partial charge in [0.05, 0.1) is 4.92 Å². The summed E-state index contributed by atoms with van der Waals surface area (Å²) in [6, 6.07) is 12.7. The number of nitro benzene ring substituents is 1. The summed E-state index contributed by atoms with van der Waals surface area (Å²) in [6.45, 7) is 5.63. The number of nitrogen functional groups attached to an aromatic ring is 1. The van der Waals surface area contributed by atoms with Crippen molar-refractivity contribution < 1.29 is 9.72 Å². The summed E-state index contributed by atoms with van der Waals surface area (Å²) in [7, 11) is 2.13. The minimum atomic E-state index is -0.431. The number of nitro groups is 1. The Labute approximate surface area is 213 Å². The van der Waals surface area contributed by atoms with Gasteiger partial charge in [-0.15, -0.1) is 0 Å². The van der Waals surface area contributed by atoms with Gasteiger partial charge >= 0.3 is 0 Å². The van der Waals surface area contributed by atoms with Crippen LogP contribution in [0.15, 0.2) is 42.5 Å². The molecular weight excluding hydrogens is 478 g/mol. The summed E-state index contributed by atoms with van der Waals surface area (Å²) < 4.78 is 0. The third-order valence-electron chi connectivity index (χ3n) is 6.73. The van der Waals surface area contributed by atoms with Crippen molar-refractivity contribution >= 4 is 50.8 Å². The minimum absolute atomic E-state index is 0.0652. The molecule has 3 N–H and O–H groups in total. The molecule has 2 fully saturated rings. The summed E-state index contributed by atoms with van der Waals surface area (Å²) in [5.74, 6) is -0.271. The molecule has 1 aromatic heterocycles. The van der Waals surface area contributed by atoms with E-state index in [1.165, 1.54) is 11.8 Å². The number of ketones is 1. The fourth-order valence-corrected chi connectivity index (χ4v) is 5.53. The number of piperazine rings is 1. The number of carbonyl (C=O) groups excluding carboxylic acids is 1. The van der Waals surface area contributed by atoms with E-state index in [0.29, 0.717) is 10.8 Å². The van der Waals surface area contributed by atoms with E-state index >= 15 is 0 Å². The predicted molar refractivity (Wildman–Crippen MR) is 144 cm³/mol. The van der Waals surface area contributed by atoms with E-state index in [-0.39, 0.29) is 27.7 Å². The minimum Gasteiger partial charge on any atom is -0.382 e. The lowest BCUT2D eigenvalue weighted by molar-refractivity contribution is -0.384. The van der Waals surface area contributed by atoms with E-state index in [2.05, 4.69) is 39.3 Å². The van der Waals surface area contributed by atoms with E-state index < -0.39 is 4.92 Å². The smallest absolute Gasteiger partial charge is 0.293 e. The summed E-state index contributed by atoms with van der Waals surface area (Å²) in [5, 5.41) is 15.4. The Bertz CT molecular complexity index is 1260. The highest BCUT2D eigenvalue weighted by Gasteiger charge is 2.26. The summed E-state index contributed by atoms with van der Waals surface area (Å²) in [4.78, 5) is 35.7. The molecule has 3 aromatic rings. The van der Waals surface area contributed by atoms with Gasteiger partial charge in [0.15, 0.2) is 5.13 Å². The first-order valence-electron chi connectivity index (χ1n) is 12.0. The Morgan fingerprint density at radius 1 is 1.03 bits per heavy atom. The van der Waals surface area contributed by atoms with Gasteiger partial charge in [0.1, 0.15) is 16.4 Å². The predicted octanol–water partition coefficient (Wildman–Crippen LogP) is 3.96. The number of hydrogen-bond acceptors (Lipinski definition) is 10. The molecule has 11 heteroatoms. The fourth-order valence-electron chi connectivity index (χ4n) is 4.66.